The Bertz CT molecular complexity index is 581. The summed E-state index contributed by atoms with van der Waals surface area (Å²) in [5.41, 5.74) is 1.20. The summed E-state index contributed by atoms with van der Waals surface area (Å²) in [6, 6.07) is 7.37. The molecule has 132 valence electrons. The molecule has 0 aromatic heterocycles. The standard InChI is InChI=1S/C18H27N3O3/c1-13(17(22)20(2)3)19-18(23)21-11-9-14(10-12-21)15-7-5-6-8-16(15)24-4/h5-8,13-14H,9-12H2,1-4H3,(H,19,23)/t13-/m0/s1. The quantitative estimate of drug-likeness (QED) is 0.917. The predicted molar refractivity (Wildman–Crippen MR) is 93.2 cm³/mol. The Morgan fingerprint density at radius 3 is 2.46 bits per heavy atom. The fourth-order valence-corrected chi connectivity index (χ4v) is 3.12. The minimum absolute atomic E-state index is 0.104. The molecule has 1 N–H and O–H groups in total. The van der Waals surface area contributed by atoms with Crippen molar-refractivity contribution in [2.45, 2.75) is 31.7 Å². The van der Waals surface area contributed by atoms with Crippen molar-refractivity contribution in [3.63, 3.8) is 0 Å². The molecule has 6 heteroatoms. The number of nitrogens with one attached hydrogen (secondary N) is 1. The molecule has 1 atom stereocenters. The highest BCUT2D eigenvalue weighted by Gasteiger charge is 2.27. The number of likely N-dealkylation sites (N-methyl/N-ethyl adjacent to an activating group) is 1. The third kappa shape index (κ3) is 4.19. The molecule has 1 aliphatic rings. The predicted octanol–water partition coefficient (Wildman–Crippen LogP) is 2.06. The summed E-state index contributed by atoms with van der Waals surface area (Å²) in [6.07, 6.45) is 1.79. The van der Waals surface area contributed by atoms with Crippen molar-refractivity contribution in [3.05, 3.63) is 29.8 Å². The Hall–Kier alpha value is -2.24. The summed E-state index contributed by atoms with van der Waals surface area (Å²) < 4.78 is 5.44. The van der Waals surface area contributed by atoms with Crippen LogP contribution in [0.1, 0.15) is 31.2 Å². The van der Waals surface area contributed by atoms with E-state index in [-0.39, 0.29) is 11.9 Å². The maximum Gasteiger partial charge on any atom is 0.318 e. The number of carbonyl (C=O) groups excluding carboxylic acids is 2. The molecule has 1 aliphatic heterocycles. The number of urea groups is 1. The van der Waals surface area contributed by atoms with Crippen LogP contribution in [0.4, 0.5) is 4.79 Å². The highest BCUT2D eigenvalue weighted by Crippen LogP contribution is 2.33. The van der Waals surface area contributed by atoms with Crippen molar-refractivity contribution in [2.24, 2.45) is 0 Å². The first-order chi connectivity index (χ1) is 11.4. The fraction of sp³-hybridized carbons (Fsp3) is 0.556. The molecule has 0 spiro atoms. The van der Waals surface area contributed by atoms with Crippen LogP contribution >= 0.6 is 0 Å². The summed E-state index contributed by atoms with van der Waals surface area (Å²) in [6.45, 7) is 3.07. The lowest BCUT2D eigenvalue weighted by atomic mass is 9.89. The molecule has 0 radical (unpaired) electrons. The van der Waals surface area contributed by atoms with Gasteiger partial charge >= 0.3 is 6.03 Å². The second kappa shape index (κ2) is 8.04. The van der Waals surface area contributed by atoms with E-state index in [0.29, 0.717) is 19.0 Å². The molecule has 24 heavy (non-hydrogen) atoms. The van der Waals surface area contributed by atoms with Gasteiger partial charge in [-0.1, -0.05) is 18.2 Å². The Kier molecular flexibility index (Phi) is 6.06. The number of rotatable bonds is 4. The normalized spacial score (nSPS) is 16.4. The number of amides is 3. The van der Waals surface area contributed by atoms with Crippen molar-refractivity contribution in [2.75, 3.05) is 34.3 Å². The van der Waals surface area contributed by atoms with Crippen molar-refractivity contribution in [3.8, 4) is 5.75 Å². The molecule has 1 saturated heterocycles. The molecule has 3 amide bonds. The van der Waals surface area contributed by atoms with Crippen LogP contribution in [0.3, 0.4) is 0 Å². The van der Waals surface area contributed by atoms with Gasteiger partial charge < -0.3 is 19.9 Å². The third-order valence-electron chi connectivity index (χ3n) is 4.51. The number of hydrogen-bond acceptors (Lipinski definition) is 3. The number of hydrogen-bond donors (Lipinski definition) is 1. The number of para-hydroxylation sites is 1. The summed E-state index contributed by atoms with van der Waals surface area (Å²) >= 11 is 0. The molecule has 1 aromatic carbocycles. The number of benzene rings is 1. The first-order valence-corrected chi connectivity index (χ1v) is 8.33. The average molecular weight is 333 g/mol. The number of nitrogens with zero attached hydrogens (tertiary/aromatic N) is 2. The van der Waals surface area contributed by atoms with Gasteiger partial charge in [0.15, 0.2) is 0 Å². The van der Waals surface area contributed by atoms with Gasteiger partial charge in [0, 0.05) is 27.2 Å². The topological polar surface area (TPSA) is 61.9 Å². The van der Waals surface area contributed by atoms with Crippen LogP contribution in [0.2, 0.25) is 0 Å². The fourth-order valence-electron chi connectivity index (χ4n) is 3.12. The zero-order chi connectivity index (χ0) is 17.7. The molecule has 2 rings (SSSR count). The molecular weight excluding hydrogens is 306 g/mol. The Balaban J connectivity index is 1.90. The largest absolute Gasteiger partial charge is 0.496 e. The van der Waals surface area contributed by atoms with Gasteiger partial charge in [-0.2, -0.15) is 0 Å². The summed E-state index contributed by atoms with van der Waals surface area (Å²) in [5, 5.41) is 2.78. The van der Waals surface area contributed by atoms with Crippen molar-refractivity contribution >= 4 is 11.9 Å². The number of likely N-dealkylation sites (tertiary alicyclic amines) is 1. The molecule has 0 aliphatic carbocycles. The van der Waals surface area contributed by atoms with E-state index in [1.54, 1.807) is 33.0 Å². The second-order valence-corrected chi connectivity index (χ2v) is 6.41. The van der Waals surface area contributed by atoms with Crippen LogP contribution < -0.4 is 10.1 Å². The lowest BCUT2D eigenvalue weighted by molar-refractivity contribution is -0.130. The Labute approximate surface area is 143 Å². The maximum absolute atomic E-state index is 12.3. The van der Waals surface area contributed by atoms with Crippen LogP contribution in [0.5, 0.6) is 5.75 Å². The van der Waals surface area contributed by atoms with E-state index in [4.69, 9.17) is 4.74 Å². The lowest BCUT2D eigenvalue weighted by Crippen LogP contribution is -2.51. The van der Waals surface area contributed by atoms with Crippen LogP contribution in [-0.4, -0.2) is 62.1 Å². The third-order valence-corrected chi connectivity index (χ3v) is 4.51. The van der Waals surface area contributed by atoms with E-state index >= 15 is 0 Å². The van der Waals surface area contributed by atoms with Gasteiger partial charge in [-0.25, -0.2) is 4.79 Å². The number of ether oxygens (including phenoxy) is 1. The summed E-state index contributed by atoms with van der Waals surface area (Å²) in [7, 11) is 5.05. The van der Waals surface area contributed by atoms with Gasteiger partial charge in [-0.15, -0.1) is 0 Å². The highest BCUT2D eigenvalue weighted by molar-refractivity contribution is 5.86. The van der Waals surface area contributed by atoms with Gasteiger partial charge in [0.25, 0.3) is 0 Å². The molecule has 0 saturated carbocycles. The summed E-state index contributed by atoms with van der Waals surface area (Å²) in [5.74, 6) is 1.20. The molecular formula is C18H27N3O3. The van der Waals surface area contributed by atoms with Crippen molar-refractivity contribution in [1.82, 2.24) is 15.1 Å². The maximum atomic E-state index is 12.3. The van der Waals surface area contributed by atoms with E-state index in [1.165, 1.54) is 10.5 Å². The number of piperidine rings is 1. The van der Waals surface area contributed by atoms with Crippen LogP contribution in [0.15, 0.2) is 24.3 Å². The van der Waals surface area contributed by atoms with Gasteiger partial charge in [0.1, 0.15) is 11.8 Å². The Morgan fingerprint density at radius 1 is 1.25 bits per heavy atom. The molecule has 1 heterocycles. The van der Waals surface area contributed by atoms with Gasteiger partial charge in [0.2, 0.25) is 5.91 Å². The Morgan fingerprint density at radius 2 is 1.88 bits per heavy atom. The first-order valence-electron chi connectivity index (χ1n) is 8.33. The number of carbonyl (C=O) groups is 2. The van der Waals surface area contributed by atoms with E-state index in [0.717, 1.165) is 18.6 Å². The van der Waals surface area contributed by atoms with Gasteiger partial charge in [-0.05, 0) is 37.3 Å². The van der Waals surface area contributed by atoms with Crippen LogP contribution in [-0.2, 0) is 4.79 Å². The van der Waals surface area contributed by atoms with Gasteiger partial charge in [-0.3, -0.25) is 4.79 Å². The molecule has 0 bridgehead atoms. The first kappa shape index (κ1) is 18.1. The molecule has 0 unspecified atom stereocenters. The van der Waals surface area contributed by atoms with E-state index in [9.17, 15) is 9.59 Å². The van der Waals surface area contributed by atoms with Crippen LogP contribution in [0.25, 0.3) is 0 Å². The zero-order valence-corrected chi connectivity index (χ0v) is 14.9. The van der Waals surface area contributed by atoms with Gasteiger partial charge in [0.05, 0.1) is 7.11 Å². The average Bonchev–Trinajstić information content (AvgIpc) is 2.60. The molecule has 1 aromatic rings. The SMILES string of the molecule is COc1ccccc1C1CCN(C(=O)N[C@@H](C)C(=O)N(C)C)CC1. The minimum Gasteiger partial charge on any atom is -0.496 e. The number of methoxy groups -OCH3 is 1. The van der Waals surface area contributed by atoms with Crippen molar-refractivity contribution < 1.29 is 14.3 Å². The van der Waals surface area contributed by atoms with E-state index in [2.05, 4.69) is 11.4 Å². The lowest BCUT2D eigenvalue weighted by Gasteiger charge is -2.33. The minimum atomic E-state index is -0.514. The molecule has 1 fully saturated rings. The van der Waals surface area contributed by atoms with E-state index < -0.39 is 6.04 Å². The molecule has 6 nitrogen and oxygen atoms in total. The van der Waals surface area contributed by atoms with Crippen LogP contribution in [0, 0.1) is 0 Å². The smallest absolute Gasteiger partial charge is 0.318 e. The second-order valence-electron chi connectivity index (χ2n) is 6.41. The monoisotopic (exact) mass is 333 g/mol. The van der Waals surface area contributed by atoms with Crippen molar-refractivity contribution in [1.29, 1.82) is 0 Å². The van der Waals surface area contributed by atoms with E-state index in [1.807, 2.05) is 18.2 Å². The zero-order valence-electron chi connectivity index (χ0n) is 14.9. The summed E-state index contributed by atoms with van der Waals surface area (Å²) in [4.78, 5) is 27.4. The highest BCUT2D eigenvalue weighted by atomic mass is 16.5.